The molecule has 1 aliphatic rings. The first kappa shape index (κ1) is 11.6. The predicted octanol–water partition coefficient (Wildman–Crippen LogP) is 2.20. The molecule has 1 aliphatic heterocycles. The first-order chi connectivity index (χ1) is 7.63. The number of aliphatic hydroxyl groups excluding tert-OH is 1. The van der Waals surface area contributed by atoms with E-state index < -0.39 is 0 Å². The Bertz CT molecular complexity index is 400. The third-order valence-corrected chi connectivity index (χ3v) is 4.20. The second-order valence-corrected chi connectivity index (χ2v) is 5.06. The van der Waals surface area contributed by atoms with Crippen LogP contribution in [0.3, 0.4) is 0 Å². The van der Waals surface area contributed by atoms with Crippen molar-refractivity contribution in [2.75, 3.05) is 6.61 Å². The summed E-state index contributed by atoms with van der Waals surface area (Å²) in [6.45, 7) is 5.92. The number of aliphatic hydroxyl groups is 1. The summed E-state index contributed by atoms with van der Waals surface area (Å²) in [6.07, 6.45) is 2.00. The first-order valence-corrected chi connectivity index (χ1v) is 6.30. The van der Waals surface area contributed by atoms with Crippen molar-refractivity contribution >= 4 is 17.0 Å². The summed E-state index contributed by atoms with van der Waals surface area (Å²) >= 11 is 1.61. The van der Waals surface area contributed by atoms with E-state index in [1.165, 1.54) is 11.1 Å². The van der Waals surface area contributed by atoms with Gasteiger partial charge in [-0.3, -0.25) is 0 Å². The Hall–Kier alpha value is -0.840. The van der Waals surface area contributed by atoms with Gasteiger partial charge in [-0.05, 0) is 36.3 Å². The van der Waals surface area contributed by atoms with E-state index in [1.807, 2.05) is 0 Å². The summed E-state index contributed by atoms with van der Waals surface area (Å²) < 4.78 is 5.76. The van der Waals surface area contributed by atoms with Gasteiger partial charge in [-0.25, -0.2) is 0 Å². The molecule has 2 atom stereocenters. The van der Waals surface area contributed by atoms with Gasteiger partial charge in [0.25, 0.3) is 0 Å². The van der Waals surface area contributed by atoms with Gasteiger partial charge < -0.3 is 15.6 Å². The molecule has 2 rings (SSSR count). The fraction of sp³-hybridized carbons (Fsp3) is 0.500. The molecule has 1 fully saturated rings. The lowest BCUT2D eigenvalue weighted by Crippen LogP contribution is -2.11. The largest absolute Gasteiger partial charge is 0.398 e. The Morgan fingerprint density at radius 2 is 2.44 bits per heavy atom. The van der Waals surface area contributed by atoms with Gasteiger partial charge in [-0.1, -0.05) is 6.58 Å². The lowest BCUT2D eigenvalue weighted by Gasteiger charge is -2.12. The van der Waals surface area contributed by atoms with Gasteiger partial charge in [0.1, 0.15) is 0 Å². The van der Waals surface area contributed by atoms with E-state index >= 15 is 0 Å². The van der Waals surface area contributed by atoms with Crippen LogP contribution in [0.15, 0.2) is 12.0 Å². The number of rotatable bonds is 3. The minimum Gasteiger partial charge on any atom is -0.398 e. The lowest BCUT2D eigenvalue weighted by atomic mass is 10.0. The fourth-order valence-corrected chi connectivity index (χ4v) is 3.15. The molecule has 0 unspecified atom stereocenters. The Labute approximate surface area is 99.5 Å². The molecule has 2 heterocycles. The van der Waals surface area contributed by atoms with Crippen molar-refractivity contribution in [3.63, 3.8) is 0 Å². The van der Waals surface area contributed by atoms with E-state index in [4.69, 9.17) is 15.6 Å². The number of hydrogen-bond acceptors (Lipinski definition) is 4. The van der Waals surface area contributed by atoms with Crippen LogP contribution in [-0.4, -0.2) is 17.8 Å². The molecular weight excluding hydrogens is 222 g/mol. The van der Waals surface area contributed by atoms with Crippen molar-refractivity contribution in [3.8, 4) is 0 Å². The molecule has 88 valence electrons. The maximum absolute atomic E-state index is 9.04. The van der Waals surface area contributed by atoms with Gasteiger partial charge in [-0.2, -0.15) is 0 Å². The highest BCUT2D eigenvalue weighted by atomic mass is 32.1. The molecule has 0 aliphatic carbocycles. The number of ether oxygens (including phenoxy) is 1. The van der Waals surface area contributed by atoms with Gasteiger partial charge in [-0.15, -0.1) is 11.3 Å². The van der Waals surface area contributed by atoms with Crippen molar-refractivity contribution in [1.82, 2.24) is 0 Å². The van der Waals surface area contributed by atoms with Gasteiger partial charge in [0, 0.05) is 5.70 Å². The van der Waals surface area contributed by atoms with E-state index in [-0.39, 0.29) is 18.8 Å². The molecule has 1 aromatic rings. The van der Waals surface area contributed by atoms with Gasteiger partial charge in [0.2, 0.25) is 0 Å². The molecule has 0 radical (unpaired) electrons. The van der Waals surface area contributed by atoms with Crippen LogP contribution in [-0.2, 0) is 4.74 Å². The summed E-state index contributed by atoms with van der Waals surface area (Å²) in [5.41, 5.74) is 8.70. The second-order valence-electron chi connectivity index (χ2n) is 4.18. The molecule has 0 bridgehead atoms. The van der Waals surface area contributed by atoms with Crippen LogP contribution in [0.1, 0.15) is 34.9 Å². The molecule has 4 heteroatoms. The fourth-order valence-electron chi connectivity index (χ4n) is 2.13. The zero-order valence-electron chi connectivity index (χ0n) is 9.40. The van der Waals surface area contributed by atoms with Crippen LogP contribution in [0.2, 0.25) is 0 Å². The van der Waals surface area contributed by atoms with Crippen LogP contribution in [0.25, 0.3) is 5.70 Å². The number of thiophene rings is 1. The summed E-state index contributed by atoms with van der Waals surface area (Å²) in [5, 5.41) is 11.1. The lowest BCUT2D eigenvalue weighted by molar-refractivity contribution is 0.0109. The van der Waals surface area contributed by atoms with Crippen molar-refractivity contribution in [1.29, 1.82) is 0 Å². The third-order valence-electron chi connectivity index (χ3n) is 3.03. The highest BCUT2D eigenvalue weighted by Crippen LogP contribution is 2.38. The summed E-state index contributed by atoms with van der Waals surface area (Å²) in [5.74, 6) is 0. The topological polar surface area (TPSA) is 55.5 Å². The van der Waals surface area contributed by atoms with E-state index in [1.54, 1.807) is 11.3 Å². The molecule has 0 amide bonds. The van der Waals surface area contributed by atoms with Crippen LogP contribution >= 0.6 is 11.3 Å². The van der Waals surface area contributed by atoms with Gasteiger partial charge in [0.15, 0.2) is 0 Å². The van der Waals surface area contributed by atoms with Crippen LogP contribution in [0.5, 0.6) is 0 Å². The number of hydrogen-bond donors (Lipinski definition) is 2. The maximum Gasteiger partial charge on any atom is 0.0841 e. The Balaban J connectivity index is 2.19. The zero-order chi connectivity index (χ0) is 11.7. The SMILES string of the molecule is C=C(N)c1scc([C@H]2CC[C@@H](CO)O2)c1C. The van der Waals surface area contributed by atoms with E-state index in [9.17, 15) is 0 Å². The minimum atomic E-state index is -0.00571. The zero-order valence-corrected chi connectivity index (χ0v) is 10.2. The second kappa shape index (κ2) is 4.57. The number of nitrogens with two attached hydrogens (primary N) is 1. The summed E-state index contributed by atoms with van der Waals surface area (Å²) in [6, 6.07) is 0. The molecule has 3 nitrogen and oxygen atoms in total. The molecular formula is C12H17NO2S. The first-order valence-electron chi connectivity index (χ1n) is 5.42. The van der Waals surface area contributed by atoms with Crippen molar-refractivity contribution in [2.24, 2.45) is 5.73 Å². The molecule has 3 N–H and O–H groups in total. The molecule has 1 saturated heterocycles. The summed E-state index contributed by atoms with van der Waals surface area (Å²) in [7, 11) is 0. The standard InChI is InChI=1S/C12H17NO2S/c1-7-10(6-16-12(7)8(2)13)11-4-3-9(5-14)15-11/h6,9,11,14H,2-5,13H2,1H3/t9-,11+/m0/s1. The minimum absolute atomic E-state index is 0.00571. The molecule has 0 spiro atoms. The van der Waals surface area contributed by atoms with Gasteiger partial charge >= 0.3 is 0 Å². The highest BCUT2D eigenvalue weighted by molar-refractivity contribution is 7.11. The monoisotopic (exact) mass is 239 g/mol. The van der Waals surface area contributed by atoms with Crippen molar-refractivity contribution in [3.05, 3.63) is 28.0 Å². The molecule has 0 saturated carbocycles. The van der Waals surface area contributed by atoms with Crippen molar-refractivity contribution < 1.29 is 9.84 Å². The predicted molar refractivity (Wildman–Crippen MR) is 66.2 cm³/mol. The van der Waals surface area contributed by atoms with E-state index in [0.29, 0.717) is 5.70 Å². The van der Waals surface area contributed by atoms with E-state index in [0.717, 1.165) is 17.7 Å². The van der Waals surface area contributed by atoms with E-state index in [2.05, 4.69) is 18.9 Å². The van der Waals surface area contributed by atoms with Crippen LogP contribution < -0.4 is 5.73 Å². The molecule has 1 aromatic heterocycles. The Kier molecular flexibility index (Phi) is 3.33. The maximum atomic E-state index is 9.04. The van der Waals surface area contributed by atoms with Crippen LogP contribution in [0, 0.1) is 6.92 Å². The smallest absolute Gasteiger partial charge is 0.0841 e. The average molecular weight is 239 g/mol. The molecule has 0 aromatic carbocycles. The van der Waals surface area contributed by atoms with Crippen LogP contribution in [0.4, 0.5) is 0 Å². The normalized spacial score (nSPS) is 24.9. The summed E-state index contributed by atoms with van der Waals surface area (Å²) in [4.78, 5) is 1.05. The third kappa shape index (κ3) is 2.00. The Morgan fingerprint density at radius 1 is 1.69 bits per heavy atom. The highest BCUT2D eigenvalue weighted by Gasteiger charge is 2.28. The average Bonchev–Trinajstić information content (AvgIpc) is 2.83. The molecule has 16 heavy (non-hydrogen) atoms. The van der Waals surface area contributed by atoms with Crippen molar-refractivity contribution in [2.45, 2.75) is 32.0 Å². The van der Waals surface area contributed by atoms with Gasteiger partial charge in [0.05, 0.1) is 23.7 Å². The quantitative estimate of drug-likeness (QED) is 0.850. The Morgan fingerprint density at radius 3 is 2.94 bits per heavy atom.